The molecule has 2 rings (SSSR count). The van der Waals surface area contributed by atoms with Gasteiger partial charge in [0.2, 0.25) is 0 Å². The molecule has 0 N–H and O–H groups in total. The van der Waals surface area contributed by atoms with Gasteiger partial charge in [-0.2, -0.15) is 5.26 Å². The summed E-state index contributed by atoms with van der Waals surface area (Å²) in [5, 5.41) is 9.24. The van der Waals surface area contributed by atoms with E-state index in [1.54, 1.807) is 12.1 Å². The van der Waals surface area contributed by atoms with Crippen molar-refractivity contribution >= 4 is 23.3 Å². The van der Waals surface area contributed by atoms with Crippen LogP contribution < -0.4 is 4.90 Å². The molecule has 1 aromatic rings. The number of anilines is 1. The molecule has 1 aromatic carbocycles. The topological polar surface area (TPSA) is 62.6 Å². The summed E-state index contributed by atoms with van der Waals surface area (Å²) in [5.74, 6) is -0.385. The molecule has 1 fully saturated rings. The summed E-state index contributed by atoms with van der Waals surface area (Å²) >= 11 is 6.00. The van der Waals surface area contributed by atoms with Gasteiger partial charge in [0.1, 0.15) is 6.07 Å². The van der Waals surface area contributed by atoms with Crippen LogP contribution in [0.25, 0.3) is 0 Å². The van der Waals surface area contributed by atoms with Gasteiger partial charge in [-0.25, -0.2) is 4.79 Å². The van der Waals surface area contributed by atoms with Crippen LogP contribution >= 0.6 is 11.6 Å². The Balaban J connectivity index is 2.16. The van der Waals surface area contributed by atoms with Crippen LogP contribution in [0.4, 0.5) is 5.69 Å². The summed E-state index contributed by atoms with van der Waals surface area (Å²) in [4.78, 5) is 13.5. The maximum Gasteiger partial charge on any atom is 0.336 e. The van der Waals surface area contributed by atoms with Crippen LogP contribution in [0.5, 0.6) is 0 Å². The van der Waals surface area contributed by atoms with Crippen molar-refractivity contribution in [3.63, 3.8) is 0 Å². The number of morpholine rings is 1. The number of benzene rings is 1. The number of methoxy groups -OCH3 is 1. The standard InChI is InChI=1S/C13H13ClN2O3/c1-18-13(17)12-8-16(4-5-19-12)10-3-2-9(7-15)11(14)6-10/h2-3,6,12H,4-5,8H2,1H3. The summed E-state index contributed by atoms with van der Waals surface area (Å²) in [6.07, 6.45) is -0.590. The predicted octanol–water partition coefficient (Wildman–Crippen LogP) is 1.59. The van der Waals surface area contributed by atoms with Gasteiger partial charge in [0, 0.05) is 12.2 Å². The fraction of sp³-hybridized carbons (Fsp3) is 0.385. The number of ether oxygens (including phenoxy) is 2. The third-order valence-electron chi connectivity index (χ3n) is 2.97. The van der Waals surface area contributed by atoms with E-state index in [0.717, 1.165) is 5.69 Å². The number of nitriles is 1. The van der Waals surface area contributed by atoms with E-state index in [1.165, 1.54) is 7.11 Å². The van der Waals surface area contributed by atoms with Crippen molar-refractivity contribution in [2.75, 3.05) is 31.7 Å². The molecular formula is C13H13ClN2O3. The van der Waals surface area contributed by atoms with Gasteiger partial charge in [0.25, 0.3) is 0 Å². The van der Waals surface area contributed by atoms with E-state index in [-0.39, 0.29) is 5.97 Å². The van der Waals surface area contributed by atoms with Crippen LogP contribution in [0.2, 0.25) is 5.02 Å². The number of esters is 1. The summed E-state index contributed by atoms with van der Waals surface area (Å²) in [6.45, 7) is 1.52. The number of halogens is 1. The highest BCUT2D eigenvalue weighted by Gasteiger charge is 2.27. The Bertz CT molecular complexity index is 527. The number of carbonyl (C=O) groups is 1. The molecule has 0 aliphatic carbocycles. The zero-order chi connectivity index (χ0) is 13.8. The maximum atomic E-state index is 11.5. The summed E-state index contributed by atoms with van der Waals surface area (Å²) in [6, 6.07) is 7.21. The van der Waals surface area contributed by atoms with E-state index in [2.05, 4.69) is 4.74 Å². The molecule has 1 aliphatic heterocycles. The quantitative estimate of drug-likeness (QED) is 0.770. The van der Waals surface area contributed by atoms with Gasteiger partial charge >= 0.3 is 5.97 Å². The molecule has 100 valence electrons. The molecule has 0 saturated carbocycles. The normalized spacial score (nSPS) is 18.8. The van der Waals surface area contributed by atoms with Crippen LogP contribution in [-0.2, 0) is 14.3 Å². The zero-order valence-electron chi connectivity index (χ0n) is 10.4. The second kappa shape index (κ2) is 5.91. The molecule has 6 heteroatoms. The number of hydrogen-bond acceptors (Lipinski definition) is 5. The number of nitrogens with zero attached hydrogens (tertiary/aromatic N) is 2. The van der Waals surface area contributed by atoms with E-state index >= 15 is 0 Å². The van der Waals surface area contributed by atoms with Crippen LogP contribution in [0.3, 0.4) is 0 Å². The van der Waals surface area contributed by atoms with E-state index < -0.39 is 6.10 Å². The molecule has 0 spiro atoms. The first-order valence-corrected chi connectivity index (χ1v) is 6.17. The lowest BCUT2D eigenvalue weighted by atomic mass is 10.2. The van der Waals surface area contributed by atoms with Crippen molar-refractivity contribution in [2.24, 2.45) is 0 Å². The fourth-order valence-electron chi connectivity index (χ4n) is 1.95. The van der Waals surface area contributed by atoms with Crippen LogP contribution in [0, 0.1) is 11.3 Å². The monoisotopic (exact) mass is 280 g/mol. The Morgan fingerprint density at radius 3 is 3.05 bits per heavy atom. The third kappa shape index (κ3) is 2.98. The Labute approximate surface area is 116 Å². The van der Waals surface area contributed by atoms with Crippen LogP contribution in [0.15, 0.2) is 18.2 Å². The van der Waals surface area contributed by atoms with Crippen LogP contribution in [-0.4, -0.2) is 38.9 Å². The molecule has 1 aliphatic rings. The van der Waals surface area contributed by atoms with Crippen molar-refractivity contribution in [3.05, 3.63) is 28.8 Å². The molecule has 0 bridgehead atoms. The van der Waals surface area contributed by atoms with Crippen molar-refractivity contribution in [3.8, 4) is 6.07 Å². The molecule has 19 heavy (non-hydrogen) atoms. The fourth-order valence-corrected chi connectivity index (χ4v) is 2.17. The second-order valence-electron chi connectivity index (χ2n) is 4.10. The lowest BCUT2D eigenvalue weighted by molar-refractivity contribution is -0.154. The van der Waals surface area contributed by atoms with Gasteiger partial charge in [-0.15, -0.1) is 0 Å². The second-order valence-corrected chi connectivity index (χ2v) is 4.51. The molecule has 1 heterocycles. The smallest absolute Gasteiger partial charge is 0.336 e. The Morgan fingerprint density at radius 2 is 2.42 bits per heavy atom. The highest BCUT2D eigenvalue weighted by Crippen LogP contribution is 2.24. The Kier molecular flexibility index (Phi) is 4.25. The third-order valence-corrected chi connectivity index (χ3v) is 3.28. The minimum Gasteiger partial charge on any atom is -0.467 e. The van der Waals surface area contributed by atoms with Gasteiger partial charge in [-0.3, -0.25) is 0 Å². The van der Waals surface area contributed by atoms with E-state index in [0.29, 0.717) is 30.3 Å². The van der Waals surface area contributed by atoms with E-state index in [1.807, 2.05) is 17.0 Å². The lowest BCUT2D eigenvalue weighted by Gasteiger charge is -2.33. The molecule has 1 saturated heterocycles. The largest absolute Gasteiger partial charge is 0.467 e. The maximum absolute atomic E-state index is 11.5. The number of carbonyl (C=O) groups excluding carboxylic acids is 1. The van der Waals surface area contributed by atoms with E-state index in [4.69, 9.17) is 21.6 Å². The first-order chi connectivity index (χ1) is 9.15. The highest BCUT2D eigenvalue weighted by molar-refractivity contribution is 6.32. The Morgan fingerprint density at radius 1 is 1.63 bits per heavy atom. The van der Waals surface area contributed by atoms with Gasteiger partial charge in [0.15, 0.2) is 6.10 Å². The average molecular weight is 281 g/mol. The molecule has 1 unspecified atom stereocenters. The molecular weight excluding hydrogens is 268 g/mol. The number of hydrogen-bond donors (Lipinski definition) is 0. The average Bonchev–Trinajstić information content (AvgIpc) is 2.46. The molecule has 1 atom stereocenters. The Hall–Kier alpha value is -1.77. The van der Waals surface area contributed by atoms with Crippen molar-refractivity contribution in [2.45, 2.75) is 6.10 Å². The molecule has 0 amide bonds. The van der Waals surface area contributed by atoms with Gasteiger partial charge < -0.3 is 14.4 Å². The van der Waals surface area contributed by atoms with Crippen molar-refractivity contribution in [1.29, 1.82) is 5.26 Å². The van der Waals surface area contributed by atoms with Crippen molar-refractivity contribution in [1.82, 2.24) is 0 Å². The first-order valence-electron chi connectivity index (χ1n) is 5.79. The van der Waals surface area contributed by atoms with E-state index in [9.17, 15) is 4.79 Å². The zero-order valence-corrected chi connectivity index (χ0v) is 11.2. The van der Waals surface area contributed by atoms with Crippen LogP contribution in [0.1, 0.15) is 5.56 Å². The summed E-state index contributed by atoms with van der Waals surface area (Å²) in [7, 11) is 1.34. The minimum atomic E-state index is -0.590. The minimum absolute atomic E-state index is 0.385. The number of rotatable bonds is 2. The van der Waals surface area contributed by atoms with Crippen molar-refractivity contribution < 1.29 is 14.3 Å². The van der Waals surface area contributed by atoms with Gasteiger partial charge in [-0.1, -0.05) is 11.6 Å². The summed E-state index contributed by atoms with van der Waals surface area (Å²) in [5.41, 5.74) is 1.30. The summed E-state index contributed by atoms with van der Waals surface area (Å²) < 4.78 is 10.0. The molecule has 0 radical (unpaired) electrons. The predicted molar refractivity (Wildman–Crippen MR) is 70.1 cm³/mol. The first kappa shape index (κ1) is 13.7. The van der Waals surface area contributed by atoms with Gasteiger partial charge in [-0.05, 0) is 18.2 Å². The molecule has 0 aromatic heterocycles. The molecule has 5 nitrogen and oxygen atoms in total. The lowest BCUT2D eigenvalue weighted by Crippen LogP contribution is -2.46. The SMILES string of the molecule is COC(=O)C1CN(c2ccc(C#N)c(Cl)c2)CCO1. The highest BCUT2D eigenvalue weighted by atomic mass is 35.5. The van der Waals surface area contributed by atoms with Gasteiger partial charge in [0.05, 0.1) is 30.8 Å².